The fourth-order valence-electron chi connectivity index (χ4n) is 3.65. The van der Waals surface area contributed by atoms with Crippen molar-refractivity contribution in [1.29, 1.82) is 0 Å². The van der Waals surface area contributed by atoms with Gasteiger partial charge in [0, 0.05) is 5.56 Å². The van der Waals surface area contributed by atoms with Gasteiger partial charge in [0.1, 0.15) is 12.1 Å². The normalized spacial score (nSPS) is 11.5. The molecule has 1 heterocycles. The number of fused-ring (bicyclic) bond motifs is 1. The summed E-state index contributed by atoms with van der Waals surface area (Å²) in [4.78, 5) is 26.1. The summed E-state index contributed by atoms with van der Waals surface area (Å²) < 4.78 is 38.7. The number of esters is 1. The predicted octanol–water partition coefficient (Wildman–Crippen LogP) is 4.92. The first-order valence-electron chi connectivity index (χ1n) is 10.7. The molecule has 3 aromatic carbocycles. The molecule has 0 spiro atoms. The highest BCUT2D eigenvalue weighted by Gasteiger charge is 2.24. The van der Waals surface area contributed by atoms with E-state index in [0.717, 1.165) is 16.7 Å². The van der Waals surface area contributed by atoms with Crippen molar-refractivity contribution in [3.63, 3.8) is 0 Å². The molecule has 0 aliphatic heterocycles. The third-order valence-electron chi connectivity index (χ3n) is 5.35. The smallest absolute Gasteiger partial charge is 0.326 e. The molecule has 4 rings (SSSR count). The first kappa shape index (κ1) is 24.7. The number of hydrogen-bond acceptors (Lipinski definition) is 6. The van der Waals surface area contributed by atoms with Crippen LogP contribution in [0.2, 0.25) is 5.02 Å². The Labute approximate surface area is 207 Å². The molecule has 7 nitrogen and oxygen atoms in total. The van der Waals surface area contributed by atoms with Crippen LogP contribution in [0.1, 0.15) is 16.7 Å². The van der Waals surface area contributed by atoms with Gasteiger partial charge in [0.2, 0.25) is 21.2 Å². The SMILES string of the molecule is Cc1ccc(S(=O)(=O)NCC(=O)Oc2c(-c3ccccc3Cl)oc3c(C)cc(C)cc3c2=O)cc1. The van der Waals surface area contributed by atoms with Gasteiger partial charge in [0.15, 0.2) is 5.76 Å². The lowest BCUT2D eigenvalue weighted by Crippen LogP contribution is -2.32. The van der Waals surface area contributed by atoms with Crippen molar-refractivity contribution in [2.45, 2.75) is 25.7 Å². The minimum Gasteiger partial charge on any atom is -0.452 e. The van der Waals surface area contributed by atoms with E-state index in [0.29, 0.717) is 11.1 Å². The molecule has 0 radical (unpaired) electrons. The van der Waals surface area contributed by atoms with E-state index in [2.05, 4.69) is 4.72 Å². The van der Waals surface area contributed by atoms with E-state index in [1.54, 1.807) is 49.4 Å². The lowest BCUT2D eigenvalue weighted by atomic mass is 10.1. The molecule has 0 aliphatic carbocycles. The molecule has 0 saturated carbocycles. The van der Waals surface area contributed by atoms with E-state index in [-0.39, 0.29) is 26.8 Å². The average Bonchev–Trinajstić information content (AvgIpc) is 2.81. The Morgan fingerprint density at radius 1 is 1.00 bits per heavy atom. The molecule has 0 fully saturated rings. The third-order valence-corrected chi connectivity index (χ3v) is 7.10. The Kier molecular flexibility index (Phi) is 6.80. The van der Waals surface area contributed by atoms with Crippen molar-refractivity contribution >= 4 is 38.6 Å². The lowest BCUT2D eigenvalue weighted by molar-refractivity contribution is -0.133. The Morgan fingerprint density at radius 2 is 1.69 bits per heavy atom. The fourth-order valence-corrected chi connectivity index (χ4v) is 4.84. The molecule has 0 amide bonds. The molecule has 180 valence electrons. The van der Waals surface area contributed by atoms with Crippen molar-refractivity contribution in [2.24, 2.45) is 0 Å². The van der Waals surface area contributed by atoms with Crippen LogP contribution < -0.4 is 14.9 Å². The summed E-state index contributed by atoms with van der Waals surface area (Å²) in [6.07, 6.45) is 0. The summed E-state index contributed by atoms with van der Waals surface area (Å²) in [7, 11) is -3.96. The van der Waals surface area contributed by atoms with Crippen LogP contribution in [0, 0.1) is 20.8 Å². The summed E-state index contributed by atoms with van der Waals surface area (Å²) in [5.41, 5.74) is 2.59. The van der Waals surface area contributed by atoms with Crippen LogP contribution in [-0.4, -0.2) is 20.9 Å². The molecule has 0 unspecified atom stereocenters. The van der Waals surface area contributed by atoms with E-state index < -0.39 is 28.0 Å². The van der Waals surface area contributed by atoms with Crippen LogP contribution in [-0.2, 0) is 14.8 Å². The quantitative estimate of drug-likeness (QED) is 0.368. The standard InChI is InChI=1S/C26H22ClNO6S/c1-15-8-10-18(11-9-15)35(31,32)28-14-22(29)33-26-23(30)20-13-16(2)12-17(3)24(20)34-25(26)19-6-4-5-7-21(19)27/h4-13,28H,14H2,1-3H3. The van der Waals surface area contributed by atoms with Gasteiger partial charge < -0.3 is 9.15 Å². The number of sulfonamides is 1. The minimum absolute atomic E-state index is 0.00354. The maximum atomic E-state index is 13.4. The Balaban J connectivity index is 1.72. The molecular formula is C26H22ClNO6S. The fraction of sp³-hybridized carbons (Fsp3) is 0.154. The number of aryl methyl sites for hydroxylation is 3. The number of ether oxygens (including phenoxy) is 1. The molecular weight excluding hydrogens is 490 g/mol. The molecule has 1 aromatic heterocycles. The van der Waals surface area contributed by atoms with Crippen molar-refractivity contribution in [2.75, 3.05) is 6.54 Å². The number of carbonyl (C=O) groups is 1. The predicted molar refractivity (Wildman–Crippen MR) is 134 cm³/mol. The molecule has 9 heteroatoms. The Morgan fingerprint density at radius 3 is 2.37 bits per heavy atom. The molecule has 4 aromatic rings. The summed E-state index contributed by atoms with van der Waals surface area (Å²) in [6.45, 7) is 4.78. The molecule has 0 saturated heterocycles. The highest BCUT2D eigenvalue weighted by molar-refractivity contribution is 7.89. The van der Waals surface area contributed by atoms with Gasteiger partial charge in [-0.3, -0.25) is 9.59 Å². The highest BCUT2D eigenvalue weighted by Crippen LogP contribution is 2.36. The van der Waals surface area contributed by atoms with Crippen LogP contribution in [0.3, 0.4) is 0 Å². The zero-order valence-corrected chi connectivity index (χ0v) is 20.8. The van der Waals surface area contributed by atoms with Gasteiger partial charge in [-0.25, -0.2) is 8.42 Å². The van der Waals surface area contributed by atoms with Crippen LogP contribution >= 0.6 is 11.6 Å². The zero-order valence-electron chi connectivity index (χ0n) is 19.2. The number of rotatable bonds is 6. The van der Waals surface area contributed by atoms with E-state index in [4.69, 9.17) is 20.8 Å². The number of hydrogen-bond donors (Lipinski definition) is 1. The second kappa shape index (κ2) is 9.65. The van der Waals surface area contributed by atoms with Crippen LogP contribution in [0.15, 0.2) is 74.8 Å². The van der Waals surface area contributed by atoms with E-state index in [9.17, 15) is 18.0 Å². The first-order chi connectivity index (χ1) is 16.6. The van der Waals surface area contributed by atoms with Gasteiger partial charge >= 0.3 is 5.97 Å². The van der Waals surface area contributed by atoms with Gasteiger partial charge in [-0.15, -0.1) is 0 Å². The van der Waals surface area contributed by atoms with Gasteiger partial charge in [0.25, 0.3) is 0 Å². The highest BCUT2D eigenvalue weighted by atomic mass is 35.5. The van der Waals surface area contributed by atoms with E-state index >= 15 is 0 Å². The van der Waals surface area contributed by atoms with Crippen molar-refractivity contribution in [3.05, 3.63) is 92.6 Å². The largest absolute Gasteiger partial charge is 0.452 e. The van der Waals surface area contributed by atoms with Gasteiger partial charge in [0.05, 0.1) is 15.3 Å². The van der Waals surface area contributed by atoms with Gasteiger partial charge in [-0.05, 0) is 62.2 Å². The molecule has 0 atom stereocenters. The molecule has 0 bridgehead atoms. The Bertz CT molecular complexity index is 1610. The van der Waals surface area contributed by atoms with Crippen molar-refractivity contribution in [3.8, 4) is 17.1 Å². The number of benzene rings is 3. The maximum absolute atomic E-state index is 13.4. The van der Waals surface area contributed by atoms with Crippen LogP contribution in [0.25, 0.3) is 22.3 Å². The monoisotopic (exact) mass is 511 g/mol. The maximum Gasteiger partial charge on any atom is 0.326 e. The molecule has 35 heavy (non-hydrogen) atoms. The summed E-state index contributed by atoms with van der Waals surface area (Å²) in [5.74, 6) is -1.37. The molecule has 0 aliphatic rings. The van der Waals surface area contributed by atoms with E-state index in [1.165, 1.54) is 12.1 Å². The lowest BCUT2D eigenvalue weighted by Gasteiger charge is -2.13. The summed E-state index contributed by atoms with van der Waals surface area (Å²) in [5, 5.41) is 0.526. The second-order valence-electron chi connectivity index (χ2n) is 8.14. The summed E-state index contributed by atoms with van der Waals surface area (Å²) in [6, 6.07) is 16.3. The van der Waals surface area contributed by atoms with Crippen molar-refractivity contribution < 1.29 is 22.4 Å². The average molecular weight is 512 g/mol. The minimum atomic E-state index is -3.96. The topological polar surface area (TPSA) is 103 Å². The summed E-state index contributed by atoms with van der Waals surface area (Å²) >= 11 is 6.34. The second-order valence-corrected chi connectivity index (χ2v) is 10.3. The van der Waals surface area contributed by atoms with Crippen molar-refractivity contribution in [1.82, 2.24) is 4.72 Å². The molecule has 1 N–H and O–H groups in total. The zero-order chi connectivity index (χ0) is 25.3. The van der Waals surface area contributed by atoms with Crippen LogP contribution in [0.4, 0.5) is 0 Å². The number of halogens is 1. The van der Waals surface area contributed by atoms with Gasteiger partial charge in [-0.1, -0.05) is 47.5 Å². The number of carbonyl (C=O) groups excluding carboxylic acids is 1. The van der Waals surface area contributed by atoms with Gasteiger partial charge in [-0.2, -0.15) is 4.72 Å². The Hall–Kier alpha value is -3.46. The van der Waals surface area contributed by atoms with Crippen LogP contribution in [0.5, 0.6) is 5.75 Å². The van der Waals surface area contributed by atoms with E-state index in [1.807, 2.05) is 19.9 Å². The number of nitrogens with one attached hydrogen (secondary N) is 1. The first-order valence-corrected chi connectivity index (χ1v) is 12.5. The third kappa shape index (κ3) is 5.14.